The first-order valence-corrected chi connectivity index (χ1v) is 8.87. The minimum absolute atomic E-state index is 0.0701. The van der Waals surface area contributed by atoms with Crippen LogP contribution < -0.4 is 5.32 Å². The van der Waals surface area contributed by atoms with E-state index in [1.165, 1.54) is 6.08 Å². The monoisotopic (exact) mass is 343 g/mol. The fraction of sp³-hybridized carbons (Fsp3) is 0.133. The average Bonchev–Trinajstić information content (AvgIpc) is 2.95. The molecule has 2 aliphatic heterocycles. The van der Waals surface area contributed by atoms with Gasteiger partial charge < -0.3 is 9.88 Å². The van der Waals surface area contributed by atoms with E-state index in [0.29, 0.717) is 5.95 Å². The molecule has 4 rings (SSSR count). The highest BCUT2D eigenvalue weighted by atomic mass is 32.2. The predicted octanol–water partition coefficient (Wildman–Crippen LogP) is 0.999. The van der Waals surface area contributed by atoms with Gasteiger partial charge in [-0.1, -0.05) is 12.1 Å². The SMILES string of the molecule is O=C(Nc1nc2ccccc2[nH]1)C1=CC=CN2CCS(=O)(=O)N=C12. The lowest BCUT2D eigenvalue weighted by molar-refractivity contribution is -0.112. The Bertz CT molecular complexity index is 999. The van der Waals surface area contributed by atoms with Gasteiger partial charge >= 0.3 is 0 Å². The van der Waals surface area contributed by atoms with Crippen molar-refractivity contribution in [2.75, 3.05) is 17.6 Å². The third-order valence-electron chi connectivity index (χ3n) is 3.72. The molecule has 8 nitrogen and oxygen atoms in total. The molecule has 0 spiro atoms. The van der Waals surface area contributed by atoms with Crippen molar-refractivity contribution in [3.63, 3.8) is 0 Å². The second-order valence-electron chi connectivity index (χ2n) is 5.37. The summed E-state index contributed by atoms with van der Waals surface area (Å²) in [5.74, 6) is -0.113. The maximum atomic E-state index is 12.5. The lowest BCUT2D eigenvalue weighted by Gasteiger charge is -2.28. The quantitative estimate of drug-likeness (QED) is 0.846. The number of amidine groups is 1. The fourth-order valence-electron chi connectivity index (χ4n) is 2.58. The first-order valence-electron chi connectivity index (χ1n) is 7.26. The van der Waals surface area contributed by atoms with Crippen molar-refractivity contribution in [3.8, 4) is 0 Å². The molecular formula is C15H13N5O3S. The zero-order valence-electron chi connectivity index (χ0n) is 12.4. The highest BCUT2D eigenvalue weighted by Crippen LogP contribution is 2.19. The van der Waals surface area contributed by atoms with Crippen molar-refractivity contribution < 1.29 is 13.2 Å². The summed E-state index contributed by atoms with van der Waals surface area (Å²) in [6.07, 6.45) is 4.92. The number of rotatable bonds is 2. The van der Waals surface area contributed by atoms with Crippen molar-refractivity contribution in [1.29, 1.82) is 0 Å². The van der Waals surface area contributed by atoms with Crippen LogP contribution in [0.25, 0.3) is 11.0 Å². The summed E-state index contributed by atoms with van der Waals surface area (Å²) >= 11 is 0. The Kier molecular flexibility index (Phi) is 3.24. The molecule has 24 heavy (non-hydrogen) atoms. The van der Waals surface area contributed by atoms with Crippen molar-refractivity contribution in [1.82, 2.24) is 14.9 Å². The first-order chi connectivity index (χ1) is 11.5. The maximum absolute atomic E-state index is 12.5. The van der Waals surface area contributed by atoms with Gasteiger partial charge in [0.1, 0.15) is 0 Å². The maximum Gasteiger partial charge on any atom is 0.261 e. The summed E-state index contributed by atoms with van der Waals surface area (Å²) < 4.78 is 27.2. The van der Waals surface area contributed by atoms with Crippen LogP contribution in [0.15, 0.2) is 52.6 Å². The number of imidazole rings is 1. The highest BCUT2D eigenvalue weighted by Gasteiger charge is 2.30. The van der Waals surface area contributed by atoms with E-state index < -0.39 is 15.9 Å². The van der Waals surface area contributed by atoms with Gasteiger partial charge in [-0.3, -0.25) is 10.1 Å². The number of hydrogen-bond acceptors (Lipinski definition) is 5. The minimum atomic E-state index is -3.54. The van der Waals surface area contributed by atoms with Crippen LogP contribution in [-0.2, 0) is 14.8 Å². The lowest BCUT2D eigenvalue weighted by Crippen LogP contribution is -2.40. The van der Waals surface area contributed by atoms with Gasteiger partial charge in [-0.05, 0) is 24.3 Å². The van der Waals surface area contributed by atoms with Crippen LogP contribution in [-0.4, -0.2) is 47.3 Å². The largest absolute Gasteiger partial charge is 0.331 e. The second-order valence-corrected chi connectivity index (χ2v) is 7.13. The number of nitrogens with zero attached hydrogens (tertiary/aromatic N) is 3. The zero-order chi connectivity index (χ0) is 16.7. The molecular weight excluding hydrogens is 330 g/mol. The van der Waals surface area contributed by atoms with E-state index in [0.717, 1.165) is 11.0 Å². The molecule has 0 saturated heterocycles. The lowest BCUT2D eigenvalue weighted by atomic mass is 10.1. The van der Waals surface area contributed by atoms with Gasteiger partial charge in [-0.2, -0.15) is 0 Å². The molecule has 0 unspecified atom stereocenters. The summed E-state index contributed by atoms with van der Waals surface area (Å²) in [5.41, 5.74) is 1.70. The number of nitrogens with one attached hydrogen (secondary N) is 2. The number of fused-ring (bicyclic) bond motifs is 2. The van der Waals surface area contributed by atoms with Crippen molar-refractivity contribution in [2.24, 2.45) is 4.40 Å². The number of carbonyl (C=O) groups is 1. The molecule has 0 saturated carbocycles. The topological polar surface area (TPSA) is 108 Å². The van der Waals surface area contributed by atoms with E-state index in [4.69, 9.17) is 0 Å². The van der Waals surface area contributed by atoms with E-state index in [1.54, 1.807) is 17.2 Å². The van der Waals surface area contributed by atoms with Crippen molar-refractivity contribution in [3.05, 3.63) is 48.2 Å². The van der Waals surface area contributed by atoms with Gasteiger partial charge in [0.15, 0.2) is 5.84 Å². The van der Waals surface area contributed by atoms with Crippen LogP contribution in [0.5, 0.6) is 0 Å². The van der Waals surface area contributed by atoms with Crippen LogP contribution in [0.1, 0.15) is 0 Å². The third-order valence-corrected chi connectivity index (χ3v) is 4.87. The van der Waals surface area contributed by atoms with Gasteiger partial charge in [-0.15, -0.1) is 4.40 Å². The number of allylic oxidation sites excluding steroid dienone is 2. The summed E-state index contributed by atoms with van der Waals surface area (Å²) in [5, 5.41) is 2.65. The van der Waals surface area contributed by atoms with Crippen LogP contribution in [0.4, 0.5) is 5.95 Å². The van der Waals surface area contributed by atoms with Gasteiger partial charge in [0, 0.05) is 12.7 Å². The molecule has 9 heteroatoms. The number of amides is 1. The Morgan fingerprint density at radius 3 is 2.96 bits per heavy atom. The number of para-hydroxylation sites is 2. The number of H-pyrrole nitrogens is 1. The highest BCUT2D eigenvalue weighted by molar-refractivity contribution is 7.90. The van der Waals surface area contributed by atoms with E-state index in [9.17, 15) is 13.2 Å². The summed E-state index contributed by atoms with van der Waals surface area (Å²) in [6, 6.07) is 7.38. The molecule has 2 aromatic rings. The zero-order valence-corrected chi connectivity index (χ0v) is 13.2. The van der Waals surface area contributed by atoms with Gasteiger partial charge in [-0.25, -0.2) is 13.4 Å². The Hall–Kier alpha value is -2.94. The Morgan fingerprint density at radius 2 is 2.12 bits per heavy atom. The summed E-state index contributed by atoms with van der Waals surface area (Å²) in [7, 11) is -3.54. The Balaban J connectivity index is 1.65. The predicted molar refractivity (Wildman–Crippen MR) is 89.9 cm³/mol. The second kappa shape index (κ2) is 5.31. The number of sulfonamides is 1. The molecule has 0 aliphatic carbocycles. The van der Waals surface area contributed by atoms with Crippen molar-refractivity contribution >= 4 is 38.7 Å². The fourth-order valence-corrected chi connectivity index (χ4v) is 3.57. The van der Waals surface area contributed by atoms with E-state index >= 15 is 0 Å². The van der Waals surface area contributed by atoms with Gasteiger partial charge in [0.25, 0.3) is 15.9 Å². The molecule has 0 radical (unpaired) electrons. The average molecular weight is 343 g/mol. The van der Waals surface area contributed by atoms with Gasteiger partial charge in [0.2, 0.25) is 5.95 Å². The molecule has 1 amide bonds. The first kappa shape index (κ1) is 14.6. The smallest absolute Gasteiger partial charge is 0.261 e. The van der Waals surface area contributed by atoms with Crippen LogP contribution in [0.2, 0.25) is 0 Å². The standard InChI is InChI=1S/C15H13N5O3S/c21-14(18-15-16-11-5-1-2-6-12(11)17-15)10-4-3-7-20-8-9-24(22,23)19-13(10)20/h1-7H,8-9H2,(H2,16,17,18,21). The molecule has 2 N–H and O–H groups in total. The Morgan fingerprint density at radius 1 is 1.29 bits per heavy atom. The number of carbonyl (C=O) groups excluding carboxylic acids is 1. The minimum Gasteiger partial charge on any atom is -0.331 e. The Labute approximate surface area is 137 Å². The van der Waals surface area contributed by atoms with Gasteiger partial charge in [0.05, 0.1) is 22.4 Å². The number of benzene rings is 1. The van der Waals surface area contributed by atoms with E-state index in [1.807, 2.05) is 24.3 Å². The number of aromatic nitrogens is 2. The van der Waals surface area contributed by atoms with Crippen molar-refractivity contribution in [2.45, 2.75) is 0 Å². The molecule has 1 aromatic carbocycles. The normalized spacial score (nSPS) is 18.8. The molecule has 0 bridgehead atoms. The summed E-state index contributed by atoms with van der Waals surface area (Å²) in [4.78, 5) is 21.5. The molecule has 0 fully saturated rings. The van der Waals surface area contributed by atoms with Crippen LogP contribution in [0.3, 0.4) is 0 Å². The molecule has 2 aliphatic rings. The molecule has 1 aromatic heterocycles. The van der Waals surface area contributed by atoms with Crippen LogP contribution >= 0.6 is 0 Å². The molecule has 0 atom stereocenters. The van der Waals surface area contributed by atoms with E-state index in [-0.39, 0.29) is 23.7 Å². The third kappa shape index (κ3) is 2.58. The summed E-state index contributed by atoms with van der Waals surface area (Å²) in [6.45, 7) is 0.271. The van der Waals surface area contributed by atoms with Crippen LogP contribution in [0, 0.1) is 0 Å². The molecule has 122 valence electrons. The number of hydrogen-bond donors (Lipinski definition) is 2. The molecule has 3 heterocycles. The van der Waals surface area contributed by atoms with E-state index in [2.05, 4.69) is 19.7 Å². The number of aromatic amines is 1. The number of anilines is 1.